The van der Waals surface area contributed by atoms with Gasteiger partial charge < -0.3 is 10.6 Å². The molecule has 0 radical (unpaired) electrons. The van der Waals surface area contributed by atoms with E-state index >= 15 is 0 Å². The lowest BCUT2D eigenvalue weighted by atomic mass is 9.83. The Labute approximate surface area is 174 Å². The first-order chi connectivity index (χ1) is 13.9. The average Bonchev–Trinajstić information content (AvgIpc) is 3.63. The van der Waals surface area contributed by atoms with Crippen LogP contribution >= 0.6 is 0 Å². The van der Waals surface area contributed by atoms with Crippen molar-refractivity contribution < 1.29 is 9.59 Å². The molecule has 0 bridgehead atoms. The molecule has 158 valence electrons. The quantitative estimate of drug-likeness (QED) is 0.673. The van der Waals surface area contributed by atoms with E-state index in [1.807, 2.05) is 44.2 Å². The van der Waals surface area contributed by atoms with Crippen LogP contribution in [0.1, 0.15) is 64.4 Å². The second-order valence-corrected chi connectivity index (χ2v) is 9.77. The summed E-state index contributed by atoms with van der Waals surface area (Å²) in [5.41, 5.74) is 0.485. The molecule has 29 heavy (non-hydrogen) atoms. The van der Waals surface area contributed by atoms with E-state index in [1.165, 1.54) is 12.8 Å². The molecule has 1 saturated heterocycles. The SMILES string of the molecule is CC(C)(C(=O)NC[C@@H]1CC[C@H](CC(=O)NC2CC2)N1CC1CC1)c1ccccc1. The minimum atomic E-state index is -0.551. The number of likely N-dealkylation sites (tertiary alicyclic amines) is 1. The molecule has 2 amide bonds. The van der Waals surface area contributed by atoms with Gasteiger partial charge in [-0.3, -0.25) is 14.5 Å². The summed E-state index contributed by atoms with van der Waals surface area (Å²) in [4.78, 5) is 27.8. The predicted molar refractivity (Wildman–Crippen MR) is 114 cm³/mol. The lowest BCUT2D eigenvalue weighted by molar-refractivity contribution is -0.126. The summed E-state index contributed by atoms with van der Waals surface area (Å²) >= 11 is 0. The normalized spacial score (nSPS) is 25.0. The Morgan fingerprint density at radius 1 is 1.00 bits per heavy atom. The van der Waals surface area contributed by atoms with Crippen LogP contribution in [-0.2, 0) is 15.0 Å². The molecular weight excluding hydrogens is 362 g/mol. The lowest BCUT2D eigenvalue weighted by Crippen LogP contribution is -2.48. The minimum absolute atomic E-state index is 0.0741. The first-order valence-corrected chi connectivity index (χ1v) is 11.3. The van der Waals surface area contributed by atoms with Crippen LogP contribution in [-0.4, -0.2) is 47.9 Å². The molecular formula is C24H35N3O2. The maximum absolute atomic E-state index is 13.0. The number of nitrogens with one attached hydrogen (secondary N) is 2. The monoisotopic (exact) mass is 397 g/mol. The zero-order chi connectivity index (χ0) is 20.4. The van der Waals surface area contributed by atoms with Gasteiger partial charge in [-0.2, -0.15) is 0 Å². The van der Waals surface area contributed by atoms with Crippen molar-refractivity contribution in [2.45, 2.75) is 82.3 Å². The van der Waals surface area contributed by atoms with Gasteiger partial charge in [0.2, 0.25) is 11.8 Å². The maximum Gasteiger partial charge on any atom is 0.230 e. The highest BCUT2D eigenvalue weighted by molar-refractivity contribution is 5.87. The van der Waals surface area contributed by atoms with Crippen molar-refractivity contribution in [3.63, 3.8) is 0 Å². The molecule has 2 aliphatic carbocycles. The summed E-state index contributed by atoms with van der Waals surface area (Å²) in [6.07, 6.45) is 7.58. The number of benzene rings is 1. The van der Waals surface area contributed by atoms with Crippen LogP contribution in [0.2, 0.25) is 0 Å². The molecule has 5 heteroatoms. The molecule has 0 unspecified atom stereocenters. The molecule has 0 spiro atoms. The third kappa shape index (κ3) is 5.19. The highest BCUT2D eigenvalue weighted by Gasteiger charge is 2.39. The molecule has 2 saturated carbocycles. The van der Waals surface area contributed by atoms with Crippen LogP contribution in [0, 0.1) is 5.92 Å². The lowest BCUT2D eigenvalue weighted by Gasteiger charge is -2.31. The number of amides is 2. The Morgan fingerprint density at radius 3 is 2.34 bits per heavy atom. The largest absolute Gasteiger partial charge is 0.354 e. The van der Waals surface area contributed by atoms with Gasteiger partial charge in [-0.05, 0) is 63.9 Å². The number of carbonyl (C=O) groups is 2. The Bertz CT molecular complexity index is 725. The molecule has 3 fully saturated rings. The van der Waals surface area contributed by atoms with E-state index in [2.05, 4.69) is 15.5 Å². The van der Waals surface area contributed by atoms with Crippen LogP contribution in [0.4, 0.5) is 0 Å². The summed E-state index contributed by atoms with van der Waals surface area (Å²) in [6, 6.07) is 11.1. The van der Waals surface area contributed by atoms with Gasteiger partial charge in [0.15, 0.2) is 0 Å². The third-order valence-corrected chi connectivity index (χ3v) is 6.86. The number of hydrogen-bond donors (Lipinski definition) is 2. The van der Waals surface area contributed by atoms with Gasteiger partial charge in [0.05, 0.1) is 5.41 Å². The van der Waals surface area contributed by atoms with Crippen molar-refractivity contribution in [3.8, 4) is 0 Å². The van der Waals surface area contributed by atoms with Gasteiger partial charge in [0, 0.05) is 37.6 Å². The fourth-order valence-corrected chi connectivity index (χ4v) is 4.50. The Kier molecular flexibility index (Phi) is 5.95. The molecule has 0 aromatic heterocycles. The summed E-state index contributed by atoms with van der Waals surface area (Å²) in [5.74, 6) is 1.05. The fourth-order valence-electron chi connectivity index (χ4n) is 4.50. The van der Waals surface area contributed by atoms with Gasteiger partial charge in [-0.15, -0.1) is 0 Å². The standard InChI is InChI=1S/C24H35N3O2/c1-24(2,18-6-4-3-5-7-18)23(29)25-15-21-13-12-20(27(21)16-17-8-9-17)14-22(28)26-19-10-11-19/h3-7,17,19-21H,8-16H2,1-2H3,(H,25,29)(H,26,28)/t20-,21+/m1/s1. The molecule has 1 aromatic rings. The molecule has 2 atom stereocenters. The van der Waals surface area contributed by atoms with E-state index in [4.69, 9.17) is 0 Å². The van der Waals surface area contributed by atoms with E-state index in [9.17, 15) is 9.59 Å². The van der Waals surface area contributed by atoms with Crippen molar-refractivity contribution in [2.24, 2.45) is 5.92 Å². The van der Waals surface area contributed by atoms with Crippen LogP contribution in [0.15, 0.2) is 30.3 Å². The second-order valence-electron chi connectivity index (χ2n) is 9.77. The van der Waals surface area contributed by atoms with Crippen molar-refractivity contribution >= 4 is 11.8 Å². The van der Waals surface area contributed by atoms with Crippen molar-refractivity contribution in [1.29, 1.82) is 0 Å². The van der Waals surface area contributed by atoms with Crippen LogP contribution in [0.25, 0.3) is 0 Å². The zero-order valence-corrected chi connectivity index (χ0v) is 17.8. The Hall–Kier alpha value is -1.88. The highest BCUT2D eigenvalue weighted by Crippen LogP contribution is 2.35. The number of rotatable bonds is 9. The summed E-state index contributed by atoms with van der Waals surface area (Å²) in [7, 11) is 0. The van der Waals surface area contributed by atoms with Crippen LogP contribution in [0.5, 0.6) is 0 Å². The summed E-state index contributed by atoms with van der Waals surface area (Å²) in [5, 5.41) is 6.36. The first kappa shape index (κ1) is 20.4. The Morgan fingerprint density at radius 2 is 1.69 bits per heavy atom. The molecule has 1 heterocycles. The second kappa shape index (κ2) is 8.47. The Balaban J connectivity index is 1.34. The average molecular weight is 398 g/mol. The predicted octanol–water partition coefficient (Wildman–Crippen LogP) is 2.99. The number of nitrogens with zero attached hydrogens (tertiary/aromatic N) is 1. The van der Waals surface area contributed by atoms with Gasteiger partial charge in [0.1, 0.15) is 0 Å². The molecule has 1 aliphatic heterocycles. The van der Waals surface area contributed by atoms with Crippen LogP contribution in [0.3, 0.4) is 0 Å². The van der Waals surface area contributed by atoms with E-state index in [1.54, 1.807) is 0 Å². The minimum Gasteiger partial charge on any atom is -0.354 e. The third-order valence-electron chi connectivity index (χ3n) is 6.86. The smallest absolute Gasteiger partial charge is 0.230 e. The van der Waals surface area contributed by atoms with Crippen molar-refractivity contribution in [1.82, 2.24) is 15.5 Å². The highest BCUT2D eigenvalue weighted by atomic mass is 16.2. The van der Waals surface area contributed by atoms with E-state index in [0.29, 0.717) is 31.1 Å². The van der Waals surface area contributed by atoms with Crippen molar-refractivity contribution in [2.75, 3.05) is 13.1 Å². The van der Waals surface area contributed by atoms with Gasteiger partial charge in [-0.25, -0.2) is 0 Å². The van der Waals surface area contributed by atoms with E-state index < -0.39 is 5.41 Å². The topological polar surface area (TPSA) is 61.4 Å². The van der Waals surface area contributed by atoms with Crippen molar-refractivity contribution in [3.05, 3.63) is 35.9 Å². The molecule has 4 rings (SSSR count). The number of hydrogen-bond acceptors (Lipinski definition) is 3. The summed E-state index contributed by atoms with van der Waals surface area (Å²) in [6.45, 7) is 5.71. The molecule has 1 aromatic carbocycles. The maximum atomic E-state index is 13.0. The van der Waals surface area contributed by atoms with E-state index in [-0.39, 0.29) is 11.8 Å². The zero-order valence-electron chi connectivity index (χ0n) is 17.8. The number of carbonyl (C=O) groups excluding carboxylic acids is 2. The fraction of sp³-hybridized carbons (Fsp3) is 0.667. The van der Waals surface area contributed by atoms with Crippen LogP contribution < -0.4 is 10.6 Å². The summed E-state index contributed by atoms with van der Waals surface area (Å²) < 4.78 is 0. The first-order valence-electron chi connectivity index (χ1n) is 11.3. The van der Waals surface area contributed by atoms with Gasteiger partial charge in [0.25, 0.3) is 0 Å². The molecule has 3 aliphatic rings. The van der Waals surface area contributed by atoms with Gasteiger partial charge >= 0.3 is 0 Å². The van der Waals surface area contributed by atoms with Gasteiger partial charge in [-0.1, -0.05) is 30.3 Å². The molecule has 5 nitrogen and oxygen atoms in total. The van der Waals surface area contributed by atoms with E-state index in [0.717, 1.165) is 43.7 Å². The molecule has 2 N–H and O–H groups in total.